The first-order valence-corrected chi connectivity index (χ1v) is 9.31. The second-order valence-electron chi connectivity index (χ2n) is 6.17. The monoisotopic (exact) mass is 387 g/mol. The van der Waals surface area contributed by atoms with Crippen LogP contribution in [0, 0.1) is 0 Å². The van der Waals surface area contributed by atoms with Crippen LogP contribution in [0.3, 0.4) is 0 Å². The fraction of sp³-hybridized carbons (Fsp3) is 0.211. The lowest BCUT2D eigenvalue weighted by Crippen LogP contribution is -2.42. The zero-order valence-corrected chi connectivity index (χ0v) is 16.0. The Hall–Kier alpha value is -2.44. The smallest absolute Gasteiger partial charge is 0.255 e. The van der Waals surface area contributed by atoms with Crippen molar-refractivity contribution in [1.82, 2.24) is 9.88 Å². The van der Waals surface area contributed by atoms with Crippen LogP contribution >= 0.6 is 22.9 Å². The number of benzene rings is 1. The van der Waals surface area contributed by atoms with E-state index < -0.39 is 5.91 Å². The van der Waals surface area contributed by atoms with E-state index in [0.717, 1.165) is 10.3 Å². The van der Waals surface area contributed by atoms with Gasteiger partial charge in [0, 0.05) is 11.4 Å². The minimum Gasteiger partial charge on any atom is -0.368 e. The van der Waals surface area contributed by atoms with Gasteiger partial charge in [0.25, 0.3) is 5.91 Å². The molecule has 26 heavy (non-hydrogen) atoms. The summed E-state index contributed by atoms with van der Waals surface area (Å²) in [7, 11) is 0. The van der Waals surface area contributed by atoms with Crippen molar-refractivity contribution in [3.8, 4) is 10.6 Å². The maximum absolute atomic E-state index is 13.2. The molecule has 2 amide bonds. The summed E-state index contributed by atoms with van der Waals surface area (Å²) in [5.74, 6) is -0.794. The Morgan fingerprint density at radius 2 is 1.96 bits per heavy atom. The van der Waals surface area contributed by atoms with Gasteiger partial charge in [0.2, 0.25) is 5.91 Å². The lowest BCUT2D eigenvalue weighted by Gasteiger charge is -2.26. The van der Waals surface area contributed by atoms with Gasteiger partial charge in [-0.2, -0.15) is 0 Å². The minimum absolute atomic E-state index is 0.132. The molecule has 134 valence electrons. The Balaban J connectivity index is 2.16. The van der Waals surface area contributed by atoms with Crippen LogP contribution in [0.1, 0.15) is 24.2 Å². The summed E-state index contributed by atoms with van der Waals surface area (Å²) in [6.07, 6.45) is 0. The summed E-state index contributed by atoms with van der Waals surface area (Å²) in [4.78, 5) is 31.6. The summed E-state index contributed by atoms with van der Waals surface area (Å²) >= 11 is 7.44. The van der Waals surface area contributed by atoms with Gasteiger partial charge in [-0.15, -0.1) is 11.3 Å². The van der Waals surface area contributed by atoms with Crippen molar-refractivity contribution in [2.45, 2.75) is 19.9 Å². The van der Waals surface area contributed by atoms with Gasteiger partial charge < -0.3 is 10.6 Å². The molecule has 0 saturated heterocycles. The Morgan fingerprint density at radius 1 is 1.23 bits per heavy atom. The first-order valence-electron chi connectivity index (χ1n) is 8.11. The Kier molecular flexibility index (Phi) is 5.25. The normalized spacial score (nSPS) is 11.1. The predicted octanol–water partition coefficient (Wildman–Crippen LogP) is 3.95. The van der Waals surface area contributed by atoms with E-state index >= 15 is 0 Å². The highest BCUT2D eigenvalue weighted by molar-refractivity contribution is 7.19. The van der Waals surface area contributed by atoms with E-state index in [0.29, 0.717) is 21.1 Å². The van der Waals surface area contributed by atoms with Crippen molar-refractivity contribution >= 4 is 45.7 Å². The summed E-state index contributed by atoms with van der Waals surface area (Å²) in [5.41, 5.74) is 7.20. The van der Waals surface area contributed by atoms with E-state index in [2.05, 4.69) is 4.98 Å². The van der Waals surface area contributed by atoms with Gasteiger partial charge in [-0.1, -0.05) is 29.8 Å². The highest BCUT2D eigenvalue weighted by atomic mass is 35.5. The number of nitrogens with two attached hydrogens (primary N) is 1. The highest BCUT2D eigenvalue weighted by Gasteiger charge is 2.23. The number of aromatic nitrogens is 1. The molecule has 0 unspecified atom stereocenters. The zero-order chi connectivity index (χ0) is 18.8. The number of hydrogen-bond donors (Lipinski definition) is 1. The standard InChI is InChI=1S/C19H18ClN3O2S/c1-11(2)23(10-18(21)24)19(25)13-9-15(16-7-8-17(20)26-16)22-14-6-4-3-5-12(13)14/h3-9,11H,10H2,1-2H3,(H2,21,24). The minimum atomic E-state index is -0.546. The van der Waals surface area contributed by atoms with Crippen molar-refractivity contribution in [2.75, 3.05) is 6.54 Å². The first kappa shape index (κ1) is 18.4. The zero-order valence-electron chi connectivity index (χ0n) is 14.4. The molecule has 0 fully saturated rings. The fourth-order valence-corrected chi connectivity index (χ4v) is 3.75. The molecule has 0 aliphatic carbocycles. The molecule has 0 spiro atoms. The third-order valence-electron chi connectivity index (χ3n) is 3.98. The Morgan fingerprint density at radius 3 is 2.58 bits per heavy atom. The van der Waals surface area contributed by atoms with Gasteiger partial charge in [-0.05, 0) is 38.1 Å². The van der Waals surface area contributed by atoms with Crippen LogP contribution in [-0.2, 0) is 4.79 Å². The van der Waals surface area contributed by atoms with Crippen LogP contribution in [0.15, 0.2) is 42.5 Å². The maximum atomic E-state index is 13.2. The summed E-state index contributed by atoms with van der Waals surface area (Å²) in [5, 5.41) is 0.735. The fourth-order valence-electron chi connectivity index (χ4n) is 2.74. The molecular formula is C19H18ClN3O2S. The molecule has 1 aromatic carbocycles. The number of halogens is 1. The molecule has 3 rings (SSSR count). The van der Waals surface area contributed by atoms with Gasteiger partial charge >= 0.3 is 0 Å². The number of carbonyl (C=O) groups excluding carboxylic acids is 2. The van der Waals surface area contributed by atoms with Gasteiger partial charge in [-0.3, -0.25) is 9.59 Å². The van der Waals surface area contributed by atoms with Crippen LogP contribution in [0.25, 0.3) is 21.5 Å². The number of primary amides is 1. The van der Waals surface area contributed by atoms with Crippen LogP contribution in [0.5, 0.6) is 0 Å². The van der Waals surface area contributed by atoms with Gasteiger partial charge in [0.05, 0.1) is 32.5 Å². The van der Waals surface area contributed by atoms with Crippen LogP contribution < -0.4 is 5.73 Å². The van der Waals surface area contributed by atoms with Gasteiger partial charge in [0.1, 0.15) is 0 Å². The van der Waals surface area contributed by atoms with Crippen LogP contribution in [0.2, 0.25) is 4.34 Å². The number of nitrogens with zero attached hydrogens (tertiary/aromatic N) is 2. The topological polar surface area (TPSA) is 76.3 Å². The van der Waals surface area contributed by atoms with Crippen LogP contribution in [-0.4, -0.2) is 34.3 Å². The second kappa shape index (κ2) is 7.43. The SMILES string of the molecule is CC(C)N(CC(N)=O)C(=O)c1cc(-c2ccc(Cl)s2)nc2ccccc12. The molecule has 2 heterocycles. The third kappa shape index (κ3) is 3.71. The van der Waals surface area contributed by atoms with E-state index in [-0.39, 0.29) is 18.5 Å². The van der Waals surface area contributed by atoms with Crippen LogP contribution in [0.4, 0.5) is 0 Å². The number of rotatable bonds is 5. The largest absolute Gasteiger partial charge is 0.368 e. The number of thiophene rings is 1. The first-order chi connectivity index (χ1) is 12.4. The number of hydrogen-bond acceptors (Lipinski definition) is 4. The number of pyridine rings is 1. The summed E-state index contributed by atoms with van der Waals surface area (Å²) < 4.78 is 0.653. The van der Waals surface area contributed by atoms with Crippen molar-refractivity contribution in [3.63, 3.8) is 0 Å². The molecule has 0 atom stereocenters. The van der Waals surface area contributed by atoms with E-state index in [4.69, 9.17) is 17.3 Å². The average molecular weight is 388 g/mol. The molecule has 7 heteroatoms. The maximum Gasteiger partial charge on any atom is 0.255 e. The Labute approximate surface area is 160 Å². The Bertz CT molecular complexity index is 984. The molecule has 0 aliphatic rings. The van der Waals surface area contributed by atoms with E-state index in [1.807, 2.05) is 44.2 Å². The van der Waals surface area contributed by atoms with Crippen molar-refractivity contribution in [2.24, 2.45) is 5.73 Å². The molecule has 3 aromatic rings. The molecule has 0 bridgehead atoms. The third-order valence-corrected chi connectivity index (χ3v) is 5.24. The summed E-state index contributed by atoms with van der Waals surface area (Å²) in [6, 6.07) is 12.7. The van der Waals surface area contributed by atoms with Gasteiger partial charge in [0.15, 0.2) is 0 Å². The lowest BCUT2D eigenvalue weighted by molar-refractivity contribution is -0.119. The molecule has 5 nitrogen and oxygen atoms in total. The molecule has 2 N–H and O–H groups in total. The van der Waals surface area contributed by atoms with Crippen molar-refractivity contribution in [1.29, 1.82) is 0 Å². The lowest BCUT2D eigenvalue weighted by atomic mass is 10.0. The number of amides is 2. The predicted molar refractivity (Wildman–Crippen MR) is 105 cm³/mol. The number of carbonyl (C=O) groups is 2. The van der Waals surface area contributed by atoms with Gasteiger partial charge in [-0.25, -0.2) is 4.98 Å². The highest BCUT2D eigenvalue weighted by Crippen LogP contribution is 2.32. The number of para-hydroxylation sites is 1. The quantitative estimate of drug-likeness (QED) is 0.720. The summed E-state index contributed by atoms with van der Waals surface area (Å²) in [6.45, 7) is 3.57. The van der Waals surface area contributed by atoms with Crippen molar-refractivity contribution in [3.05, 3.63) is 52.4 Å². The average Bonchev–Trinajstić information content (AvgIpc) is 3.04. The molecule has 0 aliphatic heterocycles. The van der Waals surface area contributed by atoms with E-state index in [9.17, 15) is 9.59 Å². The molecule has 0 radical (unpaired) electrons. The molecule has 2 aromatic heterocycles. The molecular weight excluding hydrogens is 370 g/mol. The van der Waals surface area contributed by atoms with E-state index in [1.54, 1.807) is 12.1 Å². The molecule has 0 saturated carbocycles. The van der Waals surface area contributed by atoms with Crippen molar-refractivity contribution < 1.29 is 9.59 Å². The second-order valence-corrected chi connectivity index (χ2v) is 7.88. The van der Waals surface area contributed by atoms with E-state index in [1.165, 1.54) is 16.2 Å². The number of fused-ring (bicyclic) bond motifs is 1.